The molecule has 7 rings (SSSR count). The second-order valence-electron chi connectivity index (χ2n) is 13.1. The molecule has 11 heteroatoms. The number of morpholine rings is 1. The highest BCUT2D eigenvalue weighted by Gasteiger charge is 2.48. The summed E-state index contributed by atoms with van der Waals surface area (Å²) in [5.41, 5.74) is 6.58. The van der Waals surface area contributed by atoms with E-state index >= 15 is 0 Å². The second kappa shape index (κ2) is 11.8. The molecular weight excluding hydrogens is 592 g/mol. The number of carbonyl (C=O) groups is 2. The Balaban J connectivity index is 1.35. The Labute approximate surface area is 264 Å². The maximum absolute atomic E-state index is 14.4. The van der Waals surface area contributed by atoms with Crippen molar-refractivity contribution in [3.8, 4) is 0 Å². The van der Waals surface area contributed by atoms with Crippen LogP contribution in [0.5, 0.6) is 0 Å². The molecule has 1 N–H and O–H groups in total. The monoisotopic (exact) mass is 634 g/mol. The lowest BCUT2D eigenvalue weighted by Gasteiger charge is -2.38. The van der Waals surface area contributed by atoms with E-state index < -0.39 is 16.1 Å². The van der Waals surface area contributed by atoms with E-state index in [1.165, 1.54) is 44.4 Å². The topological polar surface area (TPSA) is 110 Å². The van der Waals surface area contributed by atoms with Crippen LogP contribution in [0.25, 0.3) is 10.9 Å². The largest absolute Gasteiger partial charge is 0.382 e. The summed E-state index contributed by atoms with van der Waals surface area (Å²) in [5.74, 6) is -0.727. The number of carbonyl (C=O) groups excluding carboxylic acids is 2. The number of hydrogen-bond donors (Lipinski definition) is 1. The Kier molecular flexibility index (Phi) is 8.00. The molecule has 0 spiro atoms. The van der Waals surface area contributed by atoms with Crippen molar-refractivity contribution in [1.29, 1.82) is 0 Å². The predicted octanol–water partition coefficient (Wildman–Crippen LogP) is 3.77. The minimum absolute atomic E-state index is 0.0708. The predicted molar refractivity (Wildman–Crippen MR) is 171 cm³/mol. The molecule has 2 amide bonds. The third-order valence-corrected chi connectivity index (χ3v) is 11.6. The fourth-order valence-electron chi connectivity index (χ4n) is 8.00. The van der Waals surface area contributed by atoms with Gasteiger partial charge in [-0.2, -0.15) is 12.7 Å². The first-order valence-corrected chi connectivity index (χ1v) is 17.5. The summed E-state index contributed by atoms with van der Waals surface area (Å²) in [4.78, 5) is 29.8. The van der Waals surface area contributed by atoms with E-state index in [4.69, 9.17) is 9.47 Å². The third-order valence-electron chi connectivity index (χ3n) is 10.2. The highest BCUT2D eigenvalue weighted by Crippen LogP contribution is 2.54. The van der Waals surface area contributed by atoms with Crippen LogP contribution in [0.3, 0.4) is 0 Å². The van der Waals surface area contributed by atoms with E-state index in [1.54, 1.807) is 7.11 Å². The van der Waals surface area contributed by atoms with Crippen LogP contribution in [0.15, 0.2) is 58.7 Å². The van der Waals surface area contributed by atoms with Gasteiger partial charge in [0, 0.05) is 57.8 Å². The Hall–Kier alpha value is -3.25. The van der Waals surface area contributed by atoms with Crippen LogP contribution in [0.1, 0.15) is 61.6 Å². The molecule has 0 radical (unpaired) electrons. The maximum atomic E-state index is 14.4. The zero-order valence-electron chi connectivity index (χ0n) is 26.3. The van der Waals surface area contributed by atoms with Gasteiger partial charge in [-0.05, 0) is 53.5 Å². The van der Waals surface area contributed by atoms with Gasteiger partial charge in [-0.25, -0.2) is 4.72 Å². The molecule has 1 aromatic carbocycles. The van der Waals surface area contributed by atoms with E-state index in [1.807, 2.05) is 17.1 Å². The number of methoxy groups -OCH3 is 1. The number of rotatable bonds is 7. The van der Waals surface area contributed by atoms with Crippen LogP contribution >= 0.6 is 0 Å². The molecule has 3 heterocycles. The minimum atomic E-state index is -3.97. The number of nitrogens with one attached hydrogen (secondary N) is 1. The van der Waals surface area contributed by atoms with Gasteiger partial charge in [-0.3, -0.25) is 9.59 Å². The summed E-state index contributed by atoms with van der Waals surface area (Å²) in [5, 5.41) is 1.14. The van der Waals surface area contributed by atoms with Crippen molar-refractivity contribution in [2.45, 2.75) is 63.0 Å². The first kappa shape index (κ1) is 30.4. The number of ether oxygens (including phenoxy) is 2. The van der Waals surface area contributed by atoms with Crippen molar-refractivity contribution < 1.29 is 27.5 Å². The lowest BCUT2D eigenvalue weighted by molar-refractivity contribution is -0.145. The molecule has 0 unspecified atom stereocenters. The molecule has 3 atom stereocenters. The van der Waals surface area contributed by atoms with Crippen molar-refractivity contribution in [2.24, 2.45) is 5.92 Å². The van der Waals surface area contributed by atoms with Crippen molar-refractivity contribution in [3.05, 3.63) is 70.0 Å². The smallest absolute Gasteiger partial charge is 0.303 e. The molecule has 10 nitrogen and oxygen atoms in total. The molecule has 0 bridgehead atoms. The Morgan fingerprint density at radius 3 is 2.71 bits per heavy atom. The van der Waals surface area contributed by atoms with Gasteiger partial charge in [0.25, 0.3) is 5.91 Å². The quantitative estimate of drug-likeness (QED) is 0.497. The Morgan fingerprint density at radius 1 is 1.16 bits per heavy atom. The second-order valence-corrected chi connectivity index (χ2v) is 15.0. The van der Waals surface area contributed by atoms with Crippen molar-refractivity contribution >= 4 is 32.9 Å². The Bertz CT molecular complexity index is 1740. The van der Waals surface area contributed by atoms with Gasteiger partial charge in [0.2, 0.25) is 5.91 Å². The normalized spacial score (nSPS) is 25.2. The number of hydrogen-bond acceptors (Lipinski definition) is 6. The fourth-order valence-corrected chi connectivity index (χ4v) is 8.52. The molecule has 1 saturated heterocycles. The number of amides is 2. The third kappa shape index (κ3) is 5.37. The number of aromatic nitrogens is 1. The van der Waals surface area contributed by atoms with E-state index in [0.29, 0.717) is 50.8 Å². The summed E-state index contributed by atoms with van der Waals surface area (Å²) in [6.07, 6.45) is 10.5. The summed E-state index contributed by atoms with van der Waals surface area (Å²) in [7, 11) is 0.455. The van der Waals surface area contributed by atoms with Gasteiger partial charge in [-0.1, -0.05) is 49.6 Å². The zero-order chi connectivity index (χ0) is 31.5. The molecule has 1 saturated carbocycles. The highest BCUT2D eigenvalue weighted by molar-refractivity contribution is 7.87. The van der Waals surface area contributed by atoms with Gasteiger partial charge < -0.3 is 18.9 Å². The first-order valence-electron chi connectivity index (χ1n) is 16.1. The van der Waals surface area contributed by atoms with Crippen LogP contribution < -0.4 is 4.72 Å². The van der Waals surface area contributed by atoms with Crippen LogP contribution in [0.2, 0.25) is 0 Å². The minimum Gasteiger partial charge on any atom is -0.382 e. The molecule has 2 aromatic rings. The molecule has 1 aromatic heterocycles. The van der Waals surface area contributed by atoms with Crippen LogP contribution in [0, 0.1) is 5.92 Å². The average Bonchev–Trinajstić information content (AvgIpc) is 3.67. The molecule has 3 aliphatic carbocycles. The molecule has 45 heavy (non-hydrogen) atoms. The Morgan fingerprint density at radius 2 is 1.96 bits per heavy atom. The number of nitrogens with zero attached hydrogens (tertiary/aromatic N) is 3. The lowest BCUT2D eigenvalue weighted by atomic mass is 9.75. The number of allylic oxidation sites excluding steroid dienone is 4. The number of para-hydroxylation sites is 1. The molecule has 240 valence electrons. The molecule has 2 fully saturated rings. The molecular formula is C34H42N4O6S. The molecule has 5 aliphatic rings. The van der Waals surface area contributed by atoms with E-state index in [2.05, 4.69) is 33.6 Å². The number of fused-ring (bicyclic) bond motifs is 6. The van der Waals surface area contributed by atoms with E-state index in [9.17, 15) is 18.0 Å². The summed E-state index contributed by atoms with van der Waals surface area (Å²) in [6.45, 7) is 2.34. The fraction of sp³-hybridized carbons (Fsp3) is 0.529. The van der Waals surface area contributed by atoms with Gasteiger partial charge in [-0.15, -0.1) is 0 Å². The zero-order valence-corrected chi connectivity index (χ0v) is 27.1. The van der Waals surface area contributed by atoms with Crippen LogP contribution in [-0.2, 0) is 35.8 Å². The van der Waals surface area contributed by atoms with Crippen molar-refractivity contribution in [3.63, 3.8) is 0 Å². The van der Waals surface area contributed by atoms with Gasteiger partial charge >= 0.3 is 10.2 Å². The van der Waals surface area contributed by atoms with E-state index in [-0.39, 0.29) is 23.8 Å². The summed E-state index contributed by atoms with van der Waals surface area (Å²) in [6, 6.07) is 8.79. The van der Waals surface area contributed by atoms with Gasteiger partial charge in [0.15, 0.2) is 0 Å². The van der Waals surface area contributed by atoms with Gasteiger partial charge in [0.05, 0.1) is 36.3 Å². The van der Waals surface area contributed by atoms with Crippen LogP contribution in [0.4, 0.5) is 0 Å². The summed E-state index contributed by atoms with van der Waals surface area (Å²) >= 11 is 0. The number of benzene rings is 1. The lowest BCUT2D eigenvalue weighted by Crippen LogP contribution is -2.50. The van der Waals surface area contributed by atoms with Crippen molar-refractivity contribution in [2.75, 3.05) is 47.5 Å². The standard InChI is InChI=1S/C34H42N4O6S/c1-36(2)45(41,42)35-33(39)31-27-19-38-28(17-22-11-7-12-24(32(22)38)21-9-5-4-6-10-21)29-25(30(27)31)13-8-14-26(29)34(40)37-15-16-44-23(18-37)20-43-3/h7-8,11-13,17,21,23,26,29H,4-6,9-10,14-16,18-20H2,1-3H3,(H,35,39)/t23-,26-,29-/m1/s1. The van der Waals surface area contributed by atoms with Crippen molar-refractivity contribution in [1.82, 2.24) is 18.5 Å². The summed E-state index contributed by atoms with van der Waals surface area (Å²) < 4.78 is 42.0. The molecule has 2 aliphatic heterocycles. The van der Waals surface area contributed by atoms with E-state index in [0.717, 1.165) is 44.9 Å². The average molecular weight is 635 g/mol. The highest BCUT2D eigenvalue weighted by atomic mass is 32.2. The SMILES string of the molecule is COC[C@H]1CN(C(=O)[C@@H]2CC=CC3=C4C(=C4C(=O)NS(=O)(=O)N(C)C)Cn4c(cc5cccc(C6CCCCC6)c54)[C@H]32)CCO1. The van der Waals surface area contributed by atoms with Gasteiger partial charge in [0.1, 0.15) is 0 Å². The first-order chi connectivity index (χ1) is 21.7. The van der Waals surface area contributed by atoms with Crippen LogP contribution in [-0.4, -0.2) is 87.6 Å². The maximum Gasteiger partial charge on any atom is 0.303 e.